The van der Waals surface area contributed by atoms with Crippen molar-refractivity contribution in [2.45, 2.75) is 59.5 Å². The number of hydrogen-bond donors (Lipinski definition) is 1. The lowest BCUT2D eigenvalue weighted by Crippen LogP contribution is -2.43. The van der Waals surface area contributed by atoms with E-state index in [2.05, 4.69) is 0 Å². The number of rotatable bonds is 9. The van der Waals surface area contributed by atoms with Gasteiger partial charge in [-0.25, -0.2) is 4.39 Å². The Morgan fingerprint density at radius 3 is 2.55 bits per heavy atom. The van der Waals surface area contributed by atoms with Gasteiger partial charge in [-0.1, -0.05) is 56.1 Å². The number of amides is 2. The lowest BCUT2D eigenvalue weighted by molar-refractivity contribution is -0.151. The second kappa shape index (κ2) is 13.8. The molecule has 2 aromatic carbocycles. The molecule has 0 saturated carbocycles. The Bertz CT molecular complexity index is 1230. The van der Waals surface area contributed by atoms with E-state index >= 15 is 0 Å². The van der Waals surface area contributed by atoms with Crippen LogP contribution in [0.25, 0.3) is 0 Å². The van der Waals surface area contributed by atoms with Crippen LogP contribution in [0.3, 0.4) is 0 Å². The maximum Gasteiger partial charge on any atom is 0.310 e. The molecule has 40 heavy (non-hydrogen) atoms. The summed E-state index contributed by atoms with van der Waals surface area (Å²) in [4.78, 5) is 42.0. The van der Waals surface area contributed by atoms with Crippen LogP contribution >= 0.6 is 23.2 Å². The zero-order valence-corrected chi connectivity index (χ0v) is 24.9. The third-order valence-corrected chi connectivity index (χ3v) is 7.37. The minimum atomic E-state index is -1.36. The monoisotopic (exact) mass is 594 g/mol. The molecule has 1 aliphatic rings. The first-order valence-electron chi connectivity index (χ1n) is 13.5. The SMILES string of the molecule is CCOC(=O)C1CCCN(C(=O)CCC(=O)N(CC(C)(C)C)c2ccc(Cl)cc2C(O)c2cccc(F)c2Cl)C1. The Kier molecular flexibility index (Phi) is 11.0. The van der Waals surface area contributed by atoms with E-state index < -0.39 is 11.9 Å². The maximum absolute atomic E-state index is 14.2. The molecule has 0 bridgehead atoms. The molecular weight excluding hydrogens is 558 g/mol. The number of hydrogen-bond acceptors (Lipinski definition) is 5. The molecule has 0 spiro atoms. The number of aliphatic hydroxyl groups excluding tert-OH is 1. The number of benzene rings is 2. The van der Waals surface area contributed by atoms with Gasteiger partial charge in [-0.3, -0.25) is 14.4 Å². The normalized spacial score (nSPS) is 16.4. The molecule has 0 radical (unpaired) electrons. The van der Waals surface area contributed by atoms with Crippen LogP contribution in [0.4, 0.5) is 10.1 Å². The number of piperidine rings is 1. The van der Waals surface area contributed by atoms with E-state index in [9.17, 15) is 23.9 Å². The molecule has 10 heteroatoms. The van der Waals surface area contributed by atoms with Crippen molar-refractivity contribution in [1.82, 2.24) is 4.90 Å². The fraction of sp³-hybridized carbons (Fsp3) is 0.500. The zero-order chi connectivity index (χ0) is 29.6. The second-order valence-electron chi connectivity index (χ2n) is 11.2. The Hall–Kier alpha value is -2.68. The molecule has 2 atom stereocenters. The van der Waals surface area contributed by atoms with Crippen molar-refractivity contribution in [2.24, 2.45) is 11.3 Å². The molecule has 1 saturated heterocycles. The lowest BCUT2D eigenvalue weighted by atomic mass is 9.93. The van der Waals surface area contributed by atoms with Crippen molar-refractivity contribution in [3.05, 3.63) is 63.4 Å². The van der Waals surface area contributed by atoms with Crippen molar-refractivity contribution >= 4 is 46.7 Å². The summed E-state index contributed by atoms with van der Waals surface area (Å²) < 4.78 is 19.3. The highest BCUT2D eigenvalue weighted by Gasteiger charge is 2.31. The summed E-state index contributed by atoms with van der Waals surface area (Å²) in [5, 5.41) is 11.4. The molecule has 218 valence electrons. The number of halogens is 3. The molecule has 1 aliphatic heterocycles. The van der Waals surface area contributed by atoms with Gasteiger partial charge in [-0.15, -0.1) is 0 Å². The van der Waals surface area contributed by atoms with Crippen molar-refractivity contribution < 1.29 is 28.6 Å². The van der Waals surface area contributed by atoms with Crippen LogP contribution in [-0.4, -0.2) is 54.0 Å². The summed E-state index contributed by atoms with van der Waals surface area (Å²) in [7, 11) is 0. The predicted octanol–water partition coefficient (Wildman–Crippen LogP) is 6.18. The van der Waals surface area contributed by atoms with Crippen molar-refractivity contribution in [2.75, 3.05) is 31.1 Å². The van der Waals surface area contributed by atoms with Gasteiger partial charge in [0.05, 0.1) is 17.5 Å². The first kappa shape index (κ1) is 31.8. The van der Waals surface area contributed by atoms with Gasteiger partial charge in [0.2, 0.25) is 11.8 Å². The van der Waals surface area contributed by atoms with Crippen LogP contribution in [0.15, 0.2) is 36.4 Å². The molecule has 3 rings (SSSR count). The van der Waals surface area contributed by atoms with Crippen LogP contribution < -0.4 is 4.90 Å². The van der Waals surface area contributed by atoms with E-state index in [4.69, 9.17) is 27.9 Å². The summed E-state index contributed by atoms with van der Waals surface area (Å²) in [6.45, 7) is 9.03. The van der Waals surface area contributed by atoms with Gasteiger partial charge in [-0.05, 0) is 49.4 Å². The number of likely N-dealkylation sites (tertiary alicyclic amines) is 1. The van der Waals surface area contributed by atoms with Crippen LogP contribution in [-0.2, 0) is 19.1 Å². The van der Waals surface area contributed by atoms with E-state index in [1.54, 1.807) is 24.0 Å². The third kappa shape index (κ3) is 8.18. The number of aliphatic hydroxyl groups is 1. The largest absolute Gasteiger partial charge is 0.466 e. The number of carbonyl (C=O) groups is 3. The predicted molar refractivity (Wildman–Crippen MR) is 154 cm³/mol. The minimum absolute atomic E-state index is 0.0315. The highest BCUT2D eigenvalue weighted by Crippen LogP contribution is 2.38. The van der Waals surface area contributed by atoms with Crippen LogP contribution in [0.5, 0.6) is 0 Å². The van der Waals surface area contributed by atoms with Gasteiger partial charge >= 0.3 is 5.97 Å². The quantitative estimate of drug-likeness (QED) is 0.350. The number of esters is 1. The molecule has 7 nitrogen and oxygen atoms in total. The summed E-state index contributed by atoms with van der Waals surface area (Å²) in [6.07, 6.45) is -0.113. The lowest BCUT2D eigenvalue weighted by Gasteiger charge is -2.34. The Labute approximate surface area is 245 Å². The maximum atomic E-state index is 14.2. The molecule has 2 aromatic rings. The average Bonchev–Trinajstić information content (AvgIpc) is 2.91. The smallest absolute Gasteiger partial charge is 0.310 e. The summed E-state index contributed by atoms with van der Waals surface area (Å²) in [5.41, 5.74) is 0.490. The van der Waals surface area contributed by atoms with E-state index in [0.29, 0.717) is 30.1 Å². The fourth-order valence-corrected chi connectivity index (χ4v) is 5.24. The van der Waals surface area contributed by atoms with Crippen molar-refractivity contribution in [3.63, 3.8) is 0 Å². The molecule has 1 N–H and O–H groups in total. The molecule has 1 fully saturated rings. The van der Waals surface area contributed by atoms with Gasteiger partial charge in [0, 0.05) is 54.3 Å². The average molecular weight is 596 g/mol. The van der Waals surface area contributed by atoms with Crippen LogP contribution in [0.1, 0.15) is 70.6 Å². The van der Waals surface area contributed by atoms with Crippen molar-refractivity contribution in [1.29, 1.82) is 0 Å². The molecule has 2 amide bonds. The zero-order valence-electron chi connectivity index (χ0n) is 23.4. The number of ether oxygens (including phenoxy) is 1. The van der Waals surface area contributed by atoms with Crippen molar-refractivity contribution in [3.8, 4) is 0 Å². The second-order valence-corrected chi connectivity index (χ2v) is 12.0. The van der Waals surface area contributed by atoms with Crippen LogP contribution in [0.2, 0.25) is 10.0 Å². The van der Waals surface area contributed by atoms with E-state index in [0.717, 1.165) is 0 Å². The van der Waals surface area contributed by atoms with Gasteiger partial charge in [0.25, 0.3) is 0 Å². The number of carbonyl (C=O) groups excluding carboxylic acids is 3. The molecular formula is C30H37Cl2FN2O5. The summed E-state index contributed by atoms with van der Waals surface area (Å²) >= 11 is 12.4. The highest BCUT2D eigenvalue weighted by atomic mass is 35.5. The third-order valence-electron chi connectivity index (χ3n) is 6.73. The summed E-state index contributed by atoms with van der Waals surface area (Å²) in [6, 6.07) is 8.92. The molecule has 2 unspecified atom stereocenters. The van der Waals surface area contributed by atoms with E-state index in [1.165, 1.54) is 29.2 Å². The fourth-order valence-electron chi connectivity index (χ4n) is 4.83. The highest BCUT2D eigenvalue weighted by molar-refractivity contribution is 6.31. The van der Waals surface area contributed by atoms with E-state index in [-0.39, 0.29) is 77.8 Å². The van der Waals surface area contributed by atoms with Gasteiger partial charge in [0.15, 0.2) is 0 Å². The Morgan fingerprint density at radius 1 is 1.15 bits per heavy atom. The minimum Gasteiger partial charge on any atom is -0.466 e. The molecule has 0 aromatic heterocycles. The standard InChI is InChI=1S/C30H37Cl2FN2O5/c1-5-40-29(39)19-8-7-15-34(17-19)25(36)13-14-26(37)35(18-30(2,3)4)24-12-11-20(31)16-22(24)28(38)21-9-6-10-23(33)27(21)32/h6,9-12,16,19,28,38H,5,7-8,13-15,17-18H2,1-4H3. The van der Waals surface area contributed by atoms with Crippen LogP contribution in [0, 0.1) is 17.2 Å². The Morgan fingerprint density at radius 2 is 1.88 bits per heavy atom. The van der Waals surface area contributed by atoms with Gasteiger partial charge in [0.1, 0.15) is 11.9 Å². The molecule has 1 heterocycles. The van der Waals surface area contributed by atoms with Gasteiger partial charge in [-0.2, -0.15) is 0 Å². The molecule has 0 aliphatic carbocycles. The number of nitrogens with zero attached hydrogens (tertiary/aromatic N) is 2. The number of anilines is 1. The first-order valence-corrected chi connectivity index (χ1v) is 14.2. The summed E-state index contributed by atoms with van der Waals surface area (Å²) in [5.74, 6) is -1.87. The Balaban J connectivity index is 1.85. The van der Waals surface area contributed by atoms with Gasteiger partial charge < -0.3 is 19.6 Å². The van der Waals surface area contributed by atoms with E-state index in [1.807, 2.05) is 20.8 Å². The first-order chi connectivity index (χ1) is 18.8. The topological polar surface area (TPSA) is 87.2 Å².